The molecule has 105 heavy (non-hydrogen) atoms. The number of nitrogens with zero attached hydrogens (tertiary/aromatic N) is 16. The lowest BCUT2D eigenvalue weighted by Crippen LogP contribution is -2.49. The number of hydrogen-bond donors (Lipinski definition) is 0. The second-order valence-corrected chi connectivity index (χ2v) is 33.0. The molecule has 13 aliphatic heterocycles. The Hall–Kier alpha value is -9.44. The van der Waals surface area contributed by atoms with Gasteiger partial charge in [0.15, 0.2) is 23.0 Å². The van der Waals surface area contributed by atoms with Gasteiger partial charge in [-0.25, -0.2) is 24.1 Å². The normalized spacial score (nSPS) is 21.8. The Morgan fingerprint density at radius 1 is 0.238 bits per heavy atom. The standard InChI is InChI=1S/C89H97N16/c1-17-41-95(42-18-1)73-57-33-9-10-34-58(57)74(96-43-19-2-20-44-96)66-65(73)81-90-82(66)92-84-68-70(78(100-51-27-6-28-52-100)62-38-14-12-36-60(62)76(68)98-47-23-4-24-48-98)86-94-88-72-71(79(101-53-29-7-30-54-101)63-39-15-16-40-64(63)80(72)102-55-31-8-32-56-102)87-93-85-69-67(83(91-81)103(85)89(104(84)86)105(87)88)75(97-45-21-3-22-46-97)59-35-11-13-37-61(59)77(69)99-49-25-5-26-50-99/h9-16,33-40,89H,1-8,17-32,41-56H2/q+1. The fraction of sp³-hybridized carbons (Fsp3) is 0.461. The van der Waals surface area contributed by atoms with Crippen molar-refractivity contribution in [2.75, 3.05) is 144 Å². The van der Waals surface area contributed by atoms with Gasteiger partial charge < -0.3 is 39.2 Å². The van der Waals surface area contributed by atoms with E-state index >= 15 is 0 Å². The summed E-state index contributed by atoms with van der Waals surface area (Å²) < 4.78 is 8.13. The van der Waals surface area contributed by atoms with Crippen LogP contribution in [0.3, 0.4) is 0 Å². The highest BCUT2D eigenvalue weighted by atomic mass is 15.5. The third-order valence-corrected chi connectivity index (χ3v) is 26.9. The number of amidine groups is 4. The first-order chi connectivity index (χ1) is 52.2. The fourth-order valence-electron chi connectivity index (χ4n) is 22.4. The monoisotopic (exact) mass is 1390 g/mol. The molecule has 13 aliphatic rings. The van der Waals surface area contributed by atoms with Crippen molar-refractivity contribution in [2.24, 2.45) is 25.0 Å². The zero-order chi connectivity index (χ0) is 68.5. The first-order valence-corrected chi connectivity index (χ1v) is 41.5. The molecule has 8 fully saturated rings. The maximum atomic E-state index is 6.75. The molecular weight excluding hydrogens is 1290 g/mol. The molecule has 0 aliphatic carbocycles. The molecule has 0 amide bonds. The van der Waals surface area contributed by atoms with Crippen LogP contribution in [0.15, 0.2) is 122 Å². The maximum absolute atomic E-state index is 6.75. The molecule has 2 bridgehead atoms. The Morgan fingerprint density at radius 2 is 0.505 bits per heavy atom. The first-order valence-electron chi connectivity index (χ1n) is 41.5. The van der Waals surface area contributed by atoms with E-state index in [2.05, 4.69) is 150 Å². The van der Waals surface area contributed by atoms with Crippen LogP contribution in [0.5, 0.6) is 0 Å². The van der Waals surface area contributed by atoms with E-state index in [9.17, 15) is 0 Å². The summed E-state index contributed by atoms with van der Waals surface area (Å²) in [4.78, 5) is 55.6. The Bertz CT molecular complexity index is 5540. The van der Waals surface area contributed by atoms with E-state index in [0.717, 1.165) is 265 Å². The SMILES string of the molecule is c1ccc2c(N3CCCCC3)c3c(c(N4CCCCC4)c2c1)C1=NC3=Nc2c3c(N4CCCCC4)c4ccccc4c(N4CCCCC4)c3c3n2C2n4c(c5c(N6CCCCC6)c6ccccc6c(N6CCCCC6)c5c4=NC4=[N+]2C(=N3)c2c4c(N3CCCCC3)c3ccccc3c2N2CCCCC2)=N1. The van der Waals surface area contributed by atoms with Crippen molar-refractivity contribution in [3.63, 3.8) is 0 Å². The van der Waals surface area contributed by atoms with Crippen molar-refractivity contribution >= 4 is 145 Å². The minimum atomic E-state index is -0.590. The number of hydrogen-bond acceptors (Lipinski definition) is 13. The van der Waals surface area contributed by atoms with E-state index in [-0.39, 0.29) is 0 Å². The van der Waals surface area contributed by atoms with Crippen LogP contribution in [0.1, 0.15) is 183 Å². The van der Waals surface area contributed by atoms with Gasteiger partial charge >= 0.3 is 0 Å². The van der Waals surface area contributed by atoms with Crippen LogP contribution in [0.4, 0.5) is 57.1 Å². The first kappa shape index (κ1) is 61.8. The van der Waals surface area contributed by atoms with Gasteiger partial charge in [-0.1, -0.05) is 107 Å². The van der Waals surface area contributed by atoms with Gasteiger partial charge in [-0.05, 0) is 154 Å². The van der Waals surface area contributed by atoms with Crippen molar-refractivity contribution < 1.29 is 4.58 Å². The number of benzene rings is 8. The van der Waals surface area contributed by atoms with Gasteiger partial charge in [-0.15, -0.1) is 0 Å². The smallest absolute Gasteiger partial charge is 0.279 e. The second-order valence-electron chi connectivity index (χ2n) is 33.0. The van der Waals surface area contributed by atoms with E-state index in [0.29, 0.717) is 0 Å². The molecule has 16 nitrogen and oxygen atoms in total. The topological polar surface area (TPSA) is 101 Å². The van der Waals surface area contributed by atoms with E-state index in [4.69, 9.17) is 25.0 Å². The molecule has 2 aromatic heterocycles. The van der Waals surface area contributed by atoms with Gasteiger partial charge in [0.25, 0.3) is 18.0 Å². The minimum absolute atomic E-state index is 0.590. The molecule has 8 saturated heterocycles. The predicted octanol–water partition coefficient (Wildman–Crippen LogP) is 17.1. The molecule has 0 saturated carbocycles. The van der Waals surface area contributed by atoms with Crippen molar-refractivity contribution in [3.05, 3.63) is 130 Å². The molecular formula is C89H97N16+. The Labute approximate surface area is 615 Å². The summed E-state index contributed by atoms with van der Waals surface area (Å²) in [5.41, 5.74) is 17.2. The minimum Gasteiger partial charge on any atom is -0.370 e. The summed E-state index contributed by atoms with van der Waals surface area (Å²) in [5.74, 6) is 5.53. The lowest BCUT2D eigenvalue weighted by molar-refractivity contribution is -0.494. The van der Waals surface area contributed by atoms with Crippen LogP contribution in [-0.2, 0) is 0 Å². The van der Waals surface area contributed by atoms with E-state index in [1.807, 2.05) is 0 Å². The average Bonchev–Trinajstić information content (AvgIpc) is 1.50. The summed E-state index contributed by atoms with van der Waals surface area (Å²) in [6.45, 7) is 15.8. The van der Waals surface area contributed by atoms with E-state index in [1.165, 1.54) is 173 Å². The number of fused-ring (bicyclic) bond motifs is 17. The number of aliphatic imine (C=N–C) groups is 3. The van der Waals surface area contributed by atoms with Crippen molar-refractivity contribution in [2.45, 2.75) is 160 Å². The largest absolute Gasteiger partial charge is 0.370 e. The van der Waals surface area contributed by atoms with Gasteiger partial charge in [0, 0.05) is 148 Å². The lowest BCUT2D eigenvalue weighted by Gasteiger charge is -2.36. The molecule has 1 atom stereocenters. The molecule has 15 heterocycles. The third kappa shape index (κ3) is 9.09. The Morgan fingerprint density at radius 3 is 0.848 bits per heavy atom. The van der Waals surface area contributed by atoms with E-state index < -0.39 is 6.29 Å². The fourth-order valence-corrected chi connectivity index (χ4v) is 22.4. The highest BCUT2D eigenvalue weighted by molar-refractivity contribution is 6.35. The molecule has 0 N–H and O–H groups in total. The molecule has 532 valence electrons. The highest BCUT2D eigenvalue weighted by Gasteiger charge is 2.55. The van der Waals surface area contributed by atoms with Crippen LogP contribution in [-0.4, -0.2) is 142 Å². The highest BCUT2D eigenvalue weighted by Crippen LogP contribution is 2.59. The van der Waals surface area contributed by atoms with Crippen molar-refractivity contribution in [1.29, 1.82) is 0 Å². The van der Waals surface area contributed by atoms with Crippen LogP contribution in [0.25, 0.3) is 64.6 Å². The van der Waals surface area contributed by atoms with E-state index in [1.54, 1.807) is 0 Å². The third-order valence-electron chi connectivity index (χ3n) is 26.9. The average molecular weight is 1390 g/mol. The van der Waals surface area contributed by atoms with Crippen molar-refractivity contribution in [1.82, 2.24) is 9.13 Å². The number of aromatic nitrogens is 2. The van der Waals surface area contributed by atoms with Crippen LogP contribution >= 0.6 is 0 Å². The Kier molecular flexibility index (Phi) is 14.5. The summed E-state index contributed by atoms with van der Waals surface area (Å²) in [6.07, 6.45) is 27.7. The quantitative estimate of drug-likeness (QED) is 0.139. The zero-order valence-electron chi connectivity index (χ0n) is 61.3. The lowest BCUT2D eigenvalue weighted by atomic mass is 9.92. The van der Waals surface area contributed by atoms with Crippen LogP contribution < -0.4 is 50.2 Å². The molecule has 0 spiro atoms. The van der Waals surface area contributed by atoms with Gasteiger partial charge in [0.1, 0.15) is 0 Å². The zero-order valence-corrected chi connectivity index (χ0v) is 61.3. The van der Waals surface area contributed by atoms with Crippen LogP contribution in [0, 0.1) is 0 Å². The molecule has 0 radical (unpaired) electrons. The number of anilines is 8. The second kappa shape index (κ2) is 24.6. The summed E-state index contributed by atoms with van der Waals surface area (Å²) in [5, 5.41) is 15.4. The molecule has 1 unspecified atom stereocenters. The Balaban J connectivity index is 0.988. The number of rotatable bonds is 8. The van der Waals surface area contributed by atoms with Crippen molar-refractivity contribution in [3.8, 4) is 0 Å². The molecule has 10 aromatic rings. The van der Waals surface area contributed by atoms with Gasteiger partial charge in [0.05, 0.1) is 89.3 Å². The molecule has 8 aromatic carbocycles. The summed E-state index contributed by atoms with van der Waals surface area (Å²) in [7, 11) is 0. The molecule has 23 rings (SSSR count). The van der Waals surface area contributed by atoms with Crippen LogP contribution in [0.2, 0.25) is 0 Å². The number of piperidine rings is 8. The molecule has 16 heteroatoms. The summed E-state index contributed by atoms with van der Waals surface area (Å²) >= 11 is 0. The van der Waals surface area contributed by atoms with Gasteiger partial charge in [-0.3, -0.25) is 0 Å². The maximum Gasteiger partial charge on any atom is 0.279 e. The van der Waals surface area contributed by atoms with Gasteiger partial charge in [-0.2, -0.15) is 4.58 Å². The predicted molar refractivity (Wildman–Crippen MR) is 435 cm³/mol. The summed E-state index contributed by atoms with van der Waals surface area (Å²) in [6, 6.07) is 38.3. The van der Waals surface area contributed by atoms with Gasteiger partial charge in [0.2, 0.25) is 11.3 Å².